The molecule has 3 rings (SSSR count). The van der Waals surface area contributed by atoms with Crippen LogP contribution in [0.3, 0.4) is 0 Å². The SMILES string of the molecule is CCCCCc1ccc(C2Oc3cc(OC)ccc3C2C)c(C(F)(F)F)c1. The van der Waals surface area contributed by atoms with Gasteiger partial charge in [0.2, 0.25) is 0 Å². The van der Waals surface area contributed by atoms with E-state index in [2.05, 4.69) is 6.92 Å². The Morgan fingerprint density at radius 3 is 2.44 bits per heavy atom. The Bertz CT molecular complexity index is 799. The quantitative estimate of drug-likeness (QED) is 0.522. The third kappa shape index (κ3) is 4.07. The summed E-state index contributed by atoms with van der Waals surface area (Å²) in [5.41, 5.74) is 1.24. The third-order valence-electron chi connectivity index (χ3n) is 5.22. The molecule has 0 spiro atoms. The van der Waals surface area contributed by atoms with Crippen LogP contribution in [0.25, 0.3) is 0 Å². The molecule has 0 saturated carbocycles. The highest BCUT2D eigenvalue weighted by molar-refractivity contribution is 5.49. The molecular formula is C22H25F3O2. The molecule has 1 aliphatic rings. The molecule has 2 atom stereocenters. The van der Waals surface area contributed by atoms with E-state index in [1.807, 2.05) is 19.1 Å². The van der Waals surface area contributed by atoms with Crippen LogP contribution in [0.15, 0.2) is 36.4 Å². The number of unbranched alkanes of at least 4 members (excludes halogenated alkanes) is 2. The first-order valence-corrected chi connectivity index (χ1v) is 9.39. The maximum atomic E-state index is 13.8. The monoisotopic (exact) mass is 378 g/mol. The average molecular weight is 378 g/mol. The lowest BCUT2D eigenvalue weighted by atomic mass is 9.89. The van der Waals surface area contributed by atoms with Gasteiger partial charge in [-0.05, 0) is 30.5 Å². The highest BCUT2D eigenvalue weighted by Crippen LogP contribution is 2.49. The molecule has 1 heterocycles. The molecule has 0 aliphatic carbocycles. The predicted octanol–water partition coefficient (Wildman–Crippen LogP) is 6.68. The van der Waals surface area contributed by atoms with Crippen molar-refractivity contribution in [2.24, 2.45) is 0 Å². The fourth-order valence-corrected chi connectivity index (χ4v) is 3.69. The van der Waals surface area contributed by atoms with Gasteiger partial charge in [0.1, 0.15) is 17.6 Å². The molecule has 0 N–H and O–H groups in total. The largest absolute Gasteiger partial charge is 0.497 e. The zero-order valence-electron chi connectivity index (χ0n) is 15.9. The topological polar surface area (TPSA) is 18.5 Å². The van der Waals surface area contributed by atoms with Gasteiger partial charge in [-0.3, -0.25) is 0 Å². The molecule has 0 aromatic heterocycles. The highest BCUT2D eigenvalue weighted by Gasteiger charge is 2.40. The molecule has 0 bridgehead atoms. The van der Waals surface area contributed by atoms with Gasteiger partial charge in [-0.1, -0.05) is 44.9 Å². The van der Waals surface area contributed by atoms with E-state index in [4.69, 9.17) is 9.47 Å². The second kappa shape index (κ2) is 7.83. The summed E-state index contributed by atoms with van der Waals surface area (Å²) in [5.74, 6) is 1.05. The minimum absolute atomic E-state index is 0.169. The van der Waals surface area contributed by atoms with Crippen LogP contribution in [0.4, 0.5) is 13.2 Å². The molecule has 0 radical (unpaired) electrons. The van der Waals surface area contributed by atoms with Gasteiger partial charge in [0.05, 0.1) is 12.7 Å². The fraction of sp³-hybridized carbons (Fsp3) is 0.455. The van der Waals surface area contributed by atoms with Crippen LogP contribution in [0.2, 0.25) is 0 Å². The van der Waals surface area contributed by atoms with Crippen molar-refractivity contribution in [2.75, 3.05) is 7.11 Å². The second-order valence-corrected chi connectivity index (χ2v) is 7.11. The first kappa shape index (κ1) is 19.6. The summed E-state index contributed by atoms with van der Waals surface area (Å²) in [6.45, 7) is 3.98. The van der Waals surface area contributed by atoms with Crippen LogP contribution in [0.1, 0.15) is 67.4 Å². The van der Waals surface area contributed by atoms with Gasteiger partial charge in [0.15, 0.2) is 0 Å². The summed E-state index contributed by atoms with van der Waals surface area (Å²) in [6.07, 6.45) is -1.45. The number of methoxy groups -OCH3 is 1. The minimum atomic E-state index is -4.41. The first-order chi connectivity index (χ1) is 12.8. The Kier molecular flexibility index (Phi) is 5.68. The standard InChI is InChI=1S/C22H25F3O2/c1-4-5-6-7-15-8-10-18(19(12-15)22(23,24)25)21-14(2)17-11-9-16(26-3)13-20(17)27-21/h8-14,21H,4-7H2,1-3H3. The van der Waals surface area contributed by atoms with E-state index >= 15 is 0 Å². The molecule has 0 saturated heterocycles. The van der Waals surface area contributed by atoms with E-state index in [1.54, 1.807) is 25.3 Å². The minimum Gasteiger partial charge on any atom is -0.497 e. The normalized spacial score (nSPS) is 18.9. The summed E-state index contributed by atoms with van der Waals surface area (Å²) in [7, 11) is 1.55. The van der Waals surface area contributed by atoms with Crippen molar-refractivity contribution in [3.8, 4) is 11.5 Å². The van der Waals surface area contributed by atoms with Crippen molar-refractivity contribution >= 4 is 0 Å². The van der Waals surface area contributed by atoms with E-state index < -0.39 is 17.8 Å². The Balaban J connectivity index is 1.94. The number of benzene rings is 2. The molecule has 2 unspecified atom stereocenters. The molecular weight excluding hydrogens is 353 g/mol. The van der Waals surface area contributed by atoms with E-state index in [0.29, 0.717) is 17.9 Å². The summed E-state index contributed by atoms with van der Waals surface area (Å²) < 4.78 is 52.4. The lowest BCUT2D eigenvalue weighted by molar-refractivity contribution is -0.139. The van der Waals surface area contributed by atoms with Crippen molar-refractivity contribution in [1.82, 2.24) is 0 Å². The van der Waals surface area contributed by atoms with Gasteiger partial charge < -0.3 is 9.47 Å². The second-order valence-electron chi connectivity index (χ2n) is 7.11. The van der Waals surface area contributed by atoms with Gasteiger partial charge in [0.25, 0.3) is 0 Å². The molecule has 2 nitrogen and oxygen atoms in total. The Morgan fingerprint density at radius 1 is 1.04 bits per heavy atom. The van der Waals surface area contributed by atoms with Crippen molar-refractivity contribution in [3.63, 3.8) is 0 Å². The summed E-state index contributed by atoms with van der Waals surface area (Å²) in [4.78, 5) is 0. The van der Waals surface area contributed by atoms with Gasteiger partial charge in [-0.15, -0.1) is 0 Å². The summed E-state index contributed by atoms with van der Waals surface area (Å²) >= 11 is 0. The smallest absolute Gasteiger partial charge is 0.416 e. The van der Waals surface area contributed by atoms with Crippen molar-refractivity contribution in [3.05, 3.63) is 58.7 Å². The maximum absolute atomic E-state index is 13.8. The zero-order chi connectivity index (χ0) is 19.6. The van der Waals surface area contributed by atoms with Crippen molar-refractivity contribution < 1.29 is 22.6 Å². The van der Waals surface area contributed by atoms with Crippen LogP contribution < -0.4 is 9.47 Å². The fourth-order valence-electron chi connectivity index (χ4n) is 3.69. The highest BCUT2D eigenvalue weighted by atomic mass is 19.4. The number of alkyl halides is 3. The Morgan fingerprint density at radius 2 is 1.78 bits per heavy atom. The average Bonchev–Trinajstić information content (AvgIpc) is 2.97. The van der Waals surface area contributed by atoms with Crippen molar-refractivity contribution in [2.45, 2.75) is 57.7 Å². The molecule has 1 aliphatic heterocycles. The number of ether oxygens (including phenoxy) is 2. The number of halogens is 3. The lowest BCUT2D eigenvalue weighted by Crippen LogP contribution is -2.16. The Labute approximate surface area is 158 Å². The first-order valence-electron chi connectivity index (χ1n) is 9.39. The zero-order valence-corrected chi connectivity index (χ0v) is 15.9. The van der Waals surface area contributed by atoms with Crippen LogP contribution >= 0.6 is 0 Å². The van der Waals surface area contributed by atoms with Crippen LogP contribution in [-0.2, 0) is 12.6 Å². The van der Waals surface area contributed by atoms with Gasteiger partial charge in [0, 0.05) is 23.1 Å². The van der Waals surface area contributed by atoms with E-state index in [9.17, 15) is 13.2 Å². The van der Waals surface area contributed by atoms with E-state index in [0.717, 1.165) is 30.4 Å². The van der Waals surface area contributed by atoms with Crippen LogP contribution in [0, 0.1) is 0 Å². The molecule has 5 heteroatoms. The number of rotatable bonds is 6. The molecule has 27 heavy (non-hydrogen) atoms. The Hall–Kier alpha value is -2.17. The van der Waals surface area contributed by atoms with Crippen LogP contribution in [0.5, 0.6) is 11.5 Å². The summed E-state index contributed by atoms with van der Waals surface area (Å²) in [6, 6.07) is 10.1. The lowest BCUT2D eigenvalue weighted by Gasteiger charge is -2.22. The number of fused-ring (bicyclic) bond motifs is 1. The molecule has 2 aromatic carbocycles. The molecule has 146 valence electrons. The molecule has 2 aromatic rings. The van der Waals surface area contributed by atoms with Gasteiger partial charge in [-0.2, -0.15) is 13.2 Å². The molecule has 0 amide bonds. The maximum Gasteiger partial charge on any atom is 0.416 e. The summed E-state index contributed by atoms with van der Waals surface area (Å²) in [5, 5.41) is 0. The van der Waals surface area contributed by atoms with E-state index in [-0.39, 0.29) is 11.5 Å². The van der Waals surface area contributed by atoms with Gasteiger partial charge >= 0.3 is 6.18 Å². The molecule has 0 fully saturated rings. The number of aryl methyl sites for hydroxylation is 1. The third-order valence-corrected chi connectivity index (χ3v) is 5.22. The number of hydrogen-bond donors (Lipinski definition) is 0. The van der Waals surface area contributed by atoms with Gasteiger partial charge in [-0.25, -0.2) is 0 Å². The number of hydrogen-bond acceptors (Lipinski definition) is 2. The van der Waals surface area contributed by atoms with E-state index in [1.165, 1.54) is 6.07 Å². The van der Waals surface area contributed by atoms with Crippen molar-refractivity contribution in [1.29, 1.82) is 0 Å². The predicted molar refractivity (Wildman–Crippen MR) is 99.5 cm³/mol. The van der Waals surface area contributed by atoms with Crippen LogP contribution in [-0.4, -0.2) is 7.11 Å².